The largest absolute Gasteiger partial charge is 0.399 e. The second-order valence-electron chi connectivity index (χ2n) is 4.99. The number of rotatable bonds is 8. The molecule has 4 heteroatoms. The third-order valence-electron chi connectivity index (χ3n) is 3.34. The Morgan fingerprint density at radius 3 is 2.53 bits per heavy atom. The van der Waals surface area contributed by atoms with Gasteiger partial charge in [0.1, 0.15) is 5.82 Å². The van der Waals surface area contributed by atoms with Gasteiger partial charge in [-0.2, -0.15) is 0 Å². The Morgan fingerprint density at radius 2 is 1.95 bits per heavy atom. The van der Waals surface area contributed by atoms with Gasteiger partial charge in [-0.25, -0.2) is 4.39 Å². The van der Waals surface area contributed by atoms with Crippen molar-refractivity contribution in [1.29, 1.82) is 0 Å². The molecule has 108 valence electrons. The minimum atomic E-state index is -0.294. The first-order chi connectivity index (χ1) is 9.05. The number of halogens is 1. The molecular weight excluding hydrogens is 241 g/mol. The number of hydrogen-bond acceptors (Lipinski definition) is 3. The number of nitrogens with zero attached hydrogens (tertiary/aromatic N) is 1. The van der Waals surface area contributed by atoms with Crippen LogP contribution in [0.3, 0.4) is 0 Å². The molecule has 0 aromatic heterocycles. The van der Waals surface area contributed by atoms with Crippen molar-refractivity contribution in [3.05, 3.63) is 24.0 Å². The van der Waals surface area contributed by atoms with Gasteiger partial charge >= 0.3 is 0 Å². The van der Waals surface area contributed by atoms with E-state index in [1.165, 1.54) is 12.1 Å². The summed E-state index contributed by atoms with van der Waals surface area (Å²) in [6.45, 7) is 9.78. The lowest BCUT2D eigenvalue weighted by atomic mass is 10.1. The molecule has 0 saturated carbocycles. The van der Waals surface area contributed by atoms with E-state index >= 15 is 0 Å². The molecule has 1 rings (SSSR count). The number of nitrogens with two attached hydrogens (primary N) is 1. The van der Waals surface area contributed by atoms with E-state index in [0.717, 1.165) is 38.2 Å². The highest BCUT2D eigenvalue weighted by Crippen LogP contribution is 2.17. The van der Waals surface area contributed by atoms with Gasteiger partial charge in [0, 0.05) is 17.4 Å². The molecule has 1 aromatic carbocycles. The minimum Gasteiger partial charge on any atom is -0.399 e. The lowest BCUT2D eigenvalue weighted by Gasteiger charge is -2.20. The van der Waals surface area contributed by atoms with Crippen LogP contribution < -0.4 is 11.1 Å². The topological polar surface area (TPSA) is 41.3 Å². The molecule has 0 radical (unpaired) electrons. The van der Waals surface area contributed by atoms with E-state index in [4.69, 9.17) is 5.73 Å². The van der Waals surface area contributed by atoms with E-state index < -0.39 is 0 Å². The molecule has 0 aliphatic rings. The van der Waals surface area contributed by atoms with Gasteiger partial charge < -0.3 is 16.0 Å². The van der Waals surface area contributed by atoms with Gasteiger partial charge in [0.15, 0.2) is 0 Å². The predicted molar refractivity (Wildman–Crippen MR) is 80.9 cm³/mol. The van der Waals surface area contributed by atoms with Crippen LogP contribution in [0.5, 0.6) is 0 Å². The van der Waals surface area contributed by atoms with Crippen LogP contribution in [0.15, 0.2) is 18.2 Å². The molecule has 0 fully saturated rings. The molecule has 0 heterocycles. The van der Waals surface area contributed by atoms with Gasteiger partial charge in [-0.15, -0.1) is 0 Å². The Bertz CT molecular complexity index is 357. The van der Waals surface area contributed by atoms with Crippen LogP contribution in [0.2, 0.25) is 0 Å². The van der Waals surface area contributed by atoms with Crippen LogP contribution >= 0.6 is 0 Å². The first-order valence-electron chi connectivity index (χ1n) is 7.10. The second-order valence-corrected chi connectivity index (χ2v) is 4.99. The van der Waals surface area contributed by atoms with Crippen molar-refractivity contribution < 1.29 is 4.39 Å². The lowest BCUT2D eigenvalue weighted by molar-refractivity contribution is 0.295. The average Bonchev–Trinajstić information content (AvgIpc) is 2.33. The smallest absolute Gasteiger partial charge is 0.127 e. The van der Waals surface area contributed by atoms with Crippen LogP contribution in [0.4, 0.5) is 15.8 Å². The average molecular weight is 267 g/mol. The van der Waals surface area contributed by atoms with Gasteiger partial charge in [0.05, 0.1) is 0 Å². The first kappa shape index (κ1) is 15.8. The summed E-state index contributed by atoms with van der Waals surface area (Å²) < 4.78 is 13.2. The summed E-state index contributed by atoms with van der Waals surface area (Å²) in [4.78, 5) is 2.41. The maximum Gasteiger partial charge on any atom is 0.127 e. The van der Waals surface area contributed by atoms with Crippen LogP contribution in [0, 0.1) is 5.82 Å². The number of anilines is 2. The maximum absolute atomic E-state index is 13.2. The summed E-state index contributed by atoms with van der Waals surface area (Å²) in [5, 5.41) is 3.29. The monoisotopic (exact) mass is 267 g/mol. The summed E-state index contributed by atoms with van der Waals surface area (Å²) in [5.74, 6) is -0.294. The lowest BCUT2D eigenvalue weighted by Crippen LogP contribution is -2.25. The molecule has 1 aromatic rings. The van der Waals surface area contributed by atoms with E-state index in [0.29, 0.717) is 11.7 Å². The molecule has 0 bridgehead atoms. The zero-order valence-electron chi connectivity index (χ0n) is 12.2. The van der Waals surface area contributed by atoms with Gasteiger partial charge in [0.25, 0.3) is 0 Å². The number of hydrogen-bond donors (Lipinski definition) is 2. The van der Waals surface area contributed by atoms with Crippen LogP contribution in [-0.2, 0) is 0 Å². The molecule has 1 atom stereocenters. The summed E-state index contributed by atoms with van der Waals surface area (Å²) in [6.07, 6.45) is 2.20. The second kappa shape index (κ2) is 8.00. The standard InChI is InChI=1S/C15H26FN3/c1-4-19(5-2)8-6-7-12(3)18-15-10-13(16)9-14(17)11-15/h9-12,18H,4-8,17H2,1-3H3. The van der Waals surface area contributed by atoms with Crippen molar-refractivity contribution in [3.8, 4) is 0 Å². The van der Waals surface area contributed by atoms with Crippen LogP contribution in [0.1, 0.15) is 33.6 Å². The molecule has 3 nitrogen and oxygen atoms in total. The van der Waals surface area contributed by atoms with E-state index in [9.17, 15) is 4.39 Å². The van der Waals surface area contributed by atoms with Crippen LogP contribution in [0.25, 0.3) is 0 Å². The van der Waals surface area contributed by atoms with E-state index in [-0.39, 0.29) is 5.82 Å². The van der Waals surface area contributed by atoms with Gasteiger partial charge in [-0.1, -0.05) is 13.8 Å². The first-order valence-corrected chi connectivity index (χ1v) is 7.10. The summed E-state index contributed by atoms with van der Waals surface area (Å²) in [7, 11) is 0. The highest BCUT2D eigenvalue weighted by Gasteiger charge is 2.05. The Hall–Kier alpha value is -1.29. The minimum absolute atomic E-state index is 0.294. The Kier molecular flexibility index (Phi) is 6.64. The number of nitrogens with one attached hydrogen (secondary N) is 1. The fourth-order valence-corrected chi connectivity index (χ4v) is 2.21. The van der Waals surface area contributed by atoms with Crippen molar-refractivity contribution in [2.45, 2.75) is 39.7 Å². The SMILES string of the molecule is CCN(CC)CCCC(C)Nc1cc(N)cc(F)c1. The molecule has 3 N–H and O–H groups in total. The molecular formula is C15H26FN3. The fraction of sp³-hybridized carbons (Fsp3) is 0.600. The van der Waals surface area contributed by atoms with Crippen molar-refractivity contribution in [3.63, 3.8) is 0 Å². The summed E-state index contributed by atoms with van der Waals surface area (Å²) in [5.41, 5.74) is 6.84. The molecule has 0 amide bonds. The highest BCUT2D eigenvalue weighted by atomic mass is 19.1. The predicted octanol–water partition coefficient (Wildman–Crippen LogP) is 3.33. The molecule has 19 heavy (non-hydrogen) atoms. The number of benzene rings is 1. The zero-order valence-corrected chi connectivity index (χ0v) is 12.2. The molecule has 0 aliphatic carbocycles. The third-order valence-corrected chi connectivity index (χ3v) is 3.34. The van der Waals surface area contributed by atoms with Crippen molar-refractivity contribution in [1.82, 2.24) is 4.90 Å². The van der Waals surface area contributed by atoms with Crippen LogP contribution in [-0.4, -0.2) is 30.6 Å². The van der Waals surface area contributed by atoms with Crippen molar-refractivity contribution >= 4 is 11.4 Å². The molecule has 0 spiro atoms. The summed E-state index contributed by atoms with van der Waals surface area (Å²) >= 11 is 0. The van der Waals surface area contributed by atoms with Gasteiger partial charge in [-0.3, -0.25) is 0 Å². The fourth-order valence-electron chi connectivity index (χ4n) is 2.21. The van der Waals surface area contributed by atoms with Crippen molar-refractivity contribution in [2.75, 3.05) is 30.7 Å². The Morgan fingerprint density at radius 1 is 1.26 bits per heavy atom. The molecule has 0 saturated heterocycles. The van der Waals surface area contributed by atoms with E-state index in [1.807, 2.05) is 0 Å². The van der Waals surface area contributed by atoms with Gasteiger partial charge in [-0.05, 0) is 57.6 Å². The molecule has 1 unspecified atom stereocenters. The van der Waals surface area contributed by atoms with Gasteiger partial charge in [0.2, 0.25) is 0 Å². The summed E-state index contributed by atoms with van der Waals surface area (Å²) in [6, 6.07) is 4.90. The quantitative estimate of drug-likeness (QED) is 0.710. The third kappa shape index (κ3) is 5.92. The van der Waals surface area contributed by atoms with Crippen molar-refractivity contribution in [2.24, 2.45) is 0 Å². The normalized spacial score (nSPS) is 12.7. The number of nitrogen functional groups attached to an aromatic ring is 1. The molecule has 0 aliphatic heterocycles. The zero-order chi connectivity index (χ0) is 14.3. The van der Waals surface area contributed by atoms with E-state index in [1.54, 1.807) is 6.07 Å². The Labute approximate surface area is 116 Å². The van der Waals surface area contributed by atoms with E-state index in [2.05, 4.69) is 31.0 Å². The highest BCUT2D eigenvalue weighted by molar-refractivity contribution is 5.54. The maximum atomic E-state index is 13.2. The Balaban J connectivity index is 2.36.